The molecule has 40 valence electrons. The maximum absolute atomic E-state index is 9.85. The van der Waals surface area contributed by atoms with Crippen molar-refractivity contribution in [3.8, 4) is 12.3 Å². The minimum atomic E-state index is -3.44. The molecule has 0 aromatic carbocycles. The highest BCUT2D eigenvalue weighted by Crippen LogP contribution is 1.91. The smallest absolute Gasteiger partial charge is 0.211 e. The van der Waals surface area contributed by atoms with E-state index in [0.717, 1.165) is 0 Å². The van der Waals surface area contributed by atoms with E-state index in [9.17, 15) is 8.42 Å². The summed E-state index contributed by atoms with van der Waals surface area (Å²) in [7, 11) is 1.22. The van der Waals surface area contributed by atoms with E-state index in [1.54, 1.807) is 0 Å². The molecule has 0 saturated heterocycles. The van der Waals surface area contributed by atoms with E-state index < -0.39 is 14.8 Å². The third-order valence-corrected chi connectivity index (χ3v) is 1.09. The Morgan fingerprint density at radius 2 is 2.14 bits per heavy atom. The lowest BCUT2D eigenvalue weighted by atomic mass is 10.8. The minimum Gasteiger partial charge on any atom is -0.211 e. The molecule has 4 heteroatoms. The first-order valence-electron chi connectivity index (χ1n) is 1.42. The Morgan fingerprint density at radius 3 is 2.14 bits per heavy atom. The highest BCUT2D eigenvalue weighted by molar-refractivity contribution is 8.13. The zero-order chi connectivity index (χ0) is 5.91. The van der Waals surface area contributed by atoms with Crippen LogP contribution in [-0.2, 0) is 9.05 Å². The van der Waals surface area contributed by atoms with Crippen LogP contribution in [0.25, 0.3) is 0 Å². The first-order chi connectivity index (χ1) is 3.06. The highest BCUT2D eigenvalue weighted by atomic mass is 35.7. The van der Waals surface area contributed by atoms with Gasteiger partial charge in [0.1, 0.15) is 5.75 Å². The van der Waals surface area contributed by atoms with Crippen LogP contribution >= 0.6 is 10.7 Å². The van der Waals surface area contributed by atoms with Gasteiger partial charge in [-0.3, -0.25) is 0 Å². The molecule has 0 atom stereocenters. The fourth-order valence-electron chi connectivity index (χ4n) is 0.0995. The summed E-state index contributed by atoms with van der Waals surface area (Å²) in [5.74, 6) is 1.49. The van der Waals surface area contributed by atoms with Gasteiger partial charge in [-0.05, 0) is 0 Å². The van der Waals surface area contributed by atoms with Gasteiger partial charge in [-0.1, -0.05) is 5.92 Å². The van der Waals surface area contributed by atoms with E-state index in [-0.39, 0.29) is 0 Å². The fraction of sp³-hybridized carbons (Fsp3) is 0.333. The van der Waals surface area contributed by atoms with Crippen LogP contribution in [0.3, 0.4) is 0 Å². The lowest BCUT2D eigenvalue weighted by Gasteiger charge is -1.77. The number of halogens is 1. The van der Waals surface area contributed by atoms with Gasteiger partial charge >= 0.3 is 0 Å². The van der Waals surface area contributed by atoms with Crippen molar-refractivity contribution in [1.82, 2.24) is 0 Å². The molecule has 7 heavy (non-hydrogen) atoms. The zero-order valence-electron chi connectivity index (χ0n) is 3.39. The number of hydrogen-bond acceptors (Lipinski definition) is 2. The Kier molecular flexibility index (Phi) is 2.13. The molecule has 0 aliphatic heterocycles. The van der Waals surface area contributed by atoms with Crippen molar-refractivity contribution in [1.29, 1.82) is 0 Å². The summed E-state index contributed by atoms with van der Waals surface area (Å²) in [6.45, 7) is 0. The van der Waals surface area contributed by atoms with Gasteiger partial charge in [-0.25, -0.2) is 8.42 Å². The molecule has 0 aliphatic rings. The lowest BCUT2D eigenvalue weighted by Crippen LogP contribution is -1.91. The predicted octanol–water partition coefficient (Wildman–Crippen LogP) is 0.188. The third kappa shape index (κ3) is 5.80. The second-order valence-corrected chi connectivity index (χ2v) is 3.66. The summed E-state index contributed by atoms with van der Waals surface area (Å²) in [6.07, 6.45) is 4.60. The Morgan fingerprint density at radius 1 is 1.71 bits per heavy atom. The molecule has 0 unspecified atom stereocenters. The van der Waals surface area contributed by atoms with Crippen LogP contribution in [0.2, 0.25) is 0 Å². The number of rotatable bonds is 1. The molecule has 0 aliphatic carbocycles. The van der Waals surface area contributed by atoms with Gasteiger partial charge in [-0.2, -0.15) is 0 Å². The van der Waals surface area contributed by atoms with E-state index in [2.05, 4.69) is 17.1 Å². The van der Waals surface area contributed by atoms with E-state index in [1.807, 2.05) is 5.92 Å². The summed E-state index contributed by atoms with van der Waals surface area (Å²) in [4.78, 5) is 0. The van der Waals surface area contributed by atoms with E-state index in [4.69, 9.17) is 0 Å². The van der Waals surface area contributed by atoms with E-state index >= 15 is 0 Å². The van der Waals surface area contributed by atoms with Crippen molar-refractivity contribution in [3.05, 3.63) is 0 Å². The van der Waals surface area contributed by atoms with Gasteiger partial charge in [0, 0.05) is 10.7 Å². The fourth-order valence-corrected chi connectivity index (χ4v) is 0.488. The largest absolute Gasteiger partial charge is 0.243 e. The molecular weight excluding hydrogens is 136 g/mol. The molecule has 0 spiro atoms. The molecule has 0 bridgehead atoms. The first-order valence-corrected chi connectivity index (χ1v) is 3.90. The van der Waals surface area contributed by atoms with Gasteiger partial charge < -0.3 is 0 Å². The van der Waals surface area contributed by atoms with Crippen LogP contribution in [0.4, 0.5) is 0 Å². The lowest BCUT2D eigenvalue weighted by molar-refractivity contribution is 0.612. The zero-order valence-corrected chi connectivity index (χ0v) is 4.96. The first kappa shape index (κ1) is 6.80. The quantitative estimate of drug-likeness (QED) is 0.383. The summed E-state index contributed by atoms with van der Waals surface area (Å²) in [5, 5.41) is 0. The summed E-state index contributed by atoms with van der Waals surface area (Å²) < 4.78 is 19.7. The van der Waals surface area contributed by atoms with Gasteiger partial charge in [0.25, 0.3) is 0 Å². The number of terminal acetylenes is 1. The van der Waals surface area contributed by atoms with E-state index in [0.29, 0.717) is 0 Å². The Bertz CT molecular complexity index is 174. The van der Waals surface area contributed by atoms with Crippen molar-refractivity contribution in [2.75, 3.05) is 5.75 Å². The Hall–Kier alpha value is -0.200. The van der Waals surface area contributed by atoms with Crippen LogP contribution in [-0.4, -0.2) is 14.2 Å². The van der Waals surface area contributed by atoms with Crippen molar-refractivity contribution < 1.29 is 8.42 Å². The number of hydrogen-bond donors (Lipinski definition) is 0. The molecule has 0 radical (unpaired) electrons. The van der Waals surface area contributed by atoms with Gasteiger partial charge in [0.15, 0.2) is 0 Å². The van der Waals surface area contributed by atoms with Crippen molar-refractivity contribution in [2.24, 2.45) is 0 Å². The van der Waals surface area contributed by atoms with Crippen LogP contribution in [0, 0.1) is 12.3 Å². The second kappa shape index (κ2) is 2.20. The van der Waals surface area contributed by atoms with Gasteiger partial charge in [0.2, 0.25) is 9.05 Å². The van der Waals surface area contributed by atoms with Crippen LogP contribution < -0.4 is 0 Å². The molecule has 0 heterocycles. The summed E-state index contributed by atoms with van der Waals surface area (Å²) >= 11 is 0. The molecule has 0 rings (SSSR count). The Balaban J connectivity index is 3.92. The van der Waals surface area contributed by atoms with Crippen LogP contribution in [0.5, 0.6) is 0 Å². The molecule has 0 aromatic rings. The Labute approximate surface area is 46.9 Å². The van der Waals surface area contributed by atoms with E-state index in [1.165, 1.54) is 0 Å². The maximum Gasteiger partial charge on any atom is 0.243 e. The summed E-state index contributed by atoms with van der Waals surface area (Å²) in [5.41, 5.74) is 0. The molecule has 0 amide bonds. The SMILES string of the molecule is C#CCS(=O)(=O)Cl. The average molecular weight is 139 g/mol. The predicted molar refractivity (Wildman–Crippen MR) is 28.5 cm³/mol. The second-order valence-electron chi connectivity index (χ2n) is 0.887. The highest BCUT2D eigenvalue weighted by Gasteiger charge is 1.97. The molecule has 0 N–H and O–H groups in total. The molecular formula is C3H3ClO2S. The van der Waals surface area contributed by atoms with Gasteiger partial charge in [-0.15, -0.1) is 6.42 Å². The topological polar surface area (TPSA) is 34.1 Å². The molecule has 0 saturated carbocycles. The van der Waals surface area contributed by atoms with Crippen molar-refractivity contribution in [3.63, 3.8) is 0 Å². The summed E-state index contributed by atoms with van der Waals surface area (Å²) in [6, 6.07) is 0. The van der Waals surface area contributed by atoms with Crippen molar-refractivity contribution in [2.45, 2.75) is 0 Å². The minimum absolute atomic E-state index is 0.394. The molecule has 0 aromatic heterocycles. The van der Waals surface area contributed by atoms with Crippen molar-refractivity contribution >= 4 is 19.7 Å². The van der Waals surface area contributed by atoms with Gasteiger partial charge in [0.05, 0.1) is 0 Å². The van der Waals surface area contributed by atoms with Crippen LogP contribution in [0.1, 0.15) is 0 Å². The molecule has 2 nitrogen and oxygen atoms in total. The monoisotopic (exact) mass is 138 g/mol. The third-order valence-electron chi connectivity index (χ3n) is 0.256. The average Bonchev–Trinajstić information content (AvgIpc) is 1.30. The maximum atomic E-state index is 9.85. The van der Waals surface area contributed by atoms with Crippen LogP contribution in [0.15, 0.2) is 0 Å². The molecule has 0 fully saturated rings. The normalized spacial score (nSPS) is 10.3. The standard InChI is InChI=1S/C3H3ClO2S/c1-2-3-7(4,5)6/h1H,3H2.